The van der Waals surface area contributed by atoms with E-state index in [-0.39, 0.29) is 0 Å². The van der Waals surface area contributed by atoms with Crippen molar-refractivity contribution in [1.82, 2.24) is 14.6 Å². The second-order valence-corrected chi connectivity index (χ2v) is 4.12. The van der Waals surface area contributed by atoms with Crippen molar-refractivity contribution in [2.45, 2.75) is 0 Å². The Bertz CT molecular complexity index is 301. The Labute approximate surface area is 68.8 Å². The van der Waals surface area contributed by atoms with Crippen LogP contribution in [0.3, 0.4) is 0 Å². The zero-order valence-electron chi connectivity index (χ0n) is 4.78. The summed E-state index contributed by atoms with van der Waals surface area (Å²) in [5.41, 5.74) is 5.33. The number of nitrogen functional groups attached to an aromatic ring is 1. The maximum absolute atomic E-state index is 5.33. The first-order valence-corrected chi connectivity index (χ1v) is 4.14. The van der Waals surface area contributed by atoms with Gasteiger partial charge in [-0.3, -0.25) is 0 Å². The Morgan fingerprint density at radius 3 is 3.20 bits per heavy atom. The minimum absolute atomic E-state index is 0.318. The van der Waals surface area contributed by atoms with Crippen molar-refractivity contribution in [2.75, 3.05) is 5.73 Å². The van der Waals surface area contributed by atoms with E-state index in [1.807, 2.05) is 6.20 Å². The molecule has 6 heteroatoms. The number of rotatable bonds is 0. The van der Waals surface area contributed by atoms with Gasteiger partial charge in [-0.15, -0.1) is 5.10 Å². The third-order valence-corrected chi connectivity index (χ3v) is 2.48. The van der Waals surface area contributed by atoms with Crippen molar-refractivity contribution in [1.29, 1.82) is 0 Å². The highest BCUT2D eigenvalue weighted by molar-refractivity contribution is 9.11. The molecule has 0 saturated heterocycles. The van der Waals surface area contributed by atoms with Gasteiger partial charge in [-0.2, -0.15) is 4.98 Å². The molecule has 0 saturated carbocycles. The minimum Gasteiger partial charge on any atom is -0.366 e. The van der Waals surface area contributed by atoms with Crippen LogP contribution in [0.4, 0.5) is 5.95 Å². The number of nitrogens with zero attached hydrogens (tertiary/aromatic N) is 3. The van der Waals surface area contributed by atoms with Crippen molar-refractivity contribution in [3.63, 3.8) is 0 Å². The summed E-state index contributed by atoms with van der Waals surface area (Å²) in [5.74, 6) is 0.318. The number of anilines is 1. The molecular weight excluding hydrogens is 216 g/mol. The molecule has 52 valence electrons. The molecule has 0 radical (unpaired) electrons. The van der Waals surface area contributed by atoms with Crippen LogP contribution in [0.1, 0.15) is 0 Å². The van der Waals surface area contributed by atoms with Crippen LogP contribution in [-0.2, 0) is 0 Å². The van der Waals surface area contributed by atoms with Crippen LogP contribution in [0.5, 0.6) is 0 Å². The van der Waals surface area contributed by atoms with Crippen molar-refractivity contribution in [3.8, 4) is 0 Å². The zero-order valence-corrected chi connectivity index (χ0v) is 7.19. The maximum Gasteiger partial charge on any atom is 0.241 e. The van der Waals surface area contributed by atoms with Gasteiger partial charge in [-0.25, -0.2) is 4.52 Å². The minimum atomic E-state index is 0.318. The van der Waals surface area contributed by atoms with E-state index < -0.39 is 0 Å². The van der Waals surface area contributed by atoms with E-state index in [9.17, 15) is 0 Å². The Kier molecular flexibility index (Phi) is 1.18. The van der Waals surface area contributed by atoms with E-state index in [0.717, 1.165) is 8.75 Å². The van der Waals surface area contributed by atoms with Crippen molar-refractivity contribution in [2.24, 2.45) is 0 Å². The average molecular weight is 219 g/mol. The van der Waals surface area contributed by atoms with E-state index >= 15 is 0 Å². The first-order valence-electron chi connectivity index (χ1n) is 2.53. The number of fused-ring (bicyclic) bond motifs is 1. The number of hydrogen-bond acceptors (Lipinski definition) is 4. The highest BCUT2D eigenvalue weighted by atomic mass is 79.9. The molecule has 0 bridgehead atoms. The predicted molar refractivity (Wildman–Crippen MR) is 43.0 cm³/mol. The van der Waals surface area contributed by atoms with E-state index in [1.54, 1.807) is 4.52 Å². The molecule has 0 atom stereocenters. The fraction of sp³-hybridized carbons (Fsp3) is 0. The van der Waals surface area contributed by atoms with Crippen LogP contribution in [-0.4, -0.2) is 14.6 Å². The van der Waals surface area contributed by atoms with Crippen LogP contribution >= 0.6 is 27.3 Å². The average Bonchev–Trinajstić information content (AvgIpc) is 2.21. The number of hydrogen-bond donors (Lipinski definition) is 1. The fourth-order valence-corrected chi connectivity index (χ4v) is 1.97. The molecule has 4 nitrogen and oxygen atoms in total. The summed E-state index contributed by atoms with van der Waals surface area (Å²) >= 11 is 4.80. The van der Waals surface area contributed by atoms with Crippen LogP contribution in [0.15, 0.2) is 9.98 Å². The summed E-state index contributed by atoms with van der Waals surface area (Å²) in [6, 6.07) is 0. The van der Waals surface area contributed by atoms with Gasteiger partial charge >= 0.3 is 0 Å². The Morgan fingerprint density at radius 2 is 2.50 bits per heavy atom. The number of nitrogens with two attached hydrogens (primary N) is 1. The smallest absolute Gasteiger partial charge is 0.241 e. The van der Waals surface area contributed by atoms with Crippen LogP contribution in [0.25, 0.3) is 4.96 Å². The van der Waals surface area contributed by atoms with Gasteiger partial charge in [-0.1, -0.05) is 11.3 Å². The van der Waals surface area contributed by atoms with Gasteiger partial charge in [0, 0.05) is 0 Å². The number of halogens is 1. The molecule has 0 amide bonds. The lowest BCUT2D eigenvalue weighted by Gasteiger charge is -1.73. The second kappa shape index (κ2) is 1.93. The monoisotopic (exact) mass is 218 g/mol. The van der Waals surface area contributed by atoms with Gasteiger partial charge < -0.3 is 5.73 Å². The van der Waals surface area contributed by atoms with E-state index in [4.69, 9.17) is 5.73 Å². The van der Waals surface area contributed by atoms with Gasteiger partial charge in [0.05, 0.1) is 9.98 Å². The Hall–Kier alpha value is -0.620. The summed E-state index contributed by atoms with van der Waals surface area (Å²) < 4.78 is 2.65. The molecular formula is C4H3BrN4S. The van der Waals surface area contributed by atoms with Gasteiger partial charge in [0.1, 0.15) is 0 Å². The SMILES string of the molecule is Nc1nc2sc(Br)cn2n1. The molecule has 2 rings (SSSR count). The molecule has 0 aliphatic heterocycles. The van der Waals surface area contributed by atoms with Crippen molar-refractivity contribution in [3.05, 3.63) is 9.98 Å². The third-order valence-electron chi connectivity index (χ3n) is 1.03. The zero-order chi connectivity index (χ0) is 7.14. The van der Waals surface area contributed by atoms with E-state index in [2.05, 4.69) is 26.0 Å². The topological polar surface area (TPSA) is 56.2 Å². The molecule has 2 heterocycles. The van der Waals surface area contributed by atoms with Crippen molar-refractivity contribution < 1.29 is 0 Å². The molecule has 0 spiro atoms. The van der Waals surface area contributed by atoms with Gasteiger partial charge in [0.2, 0.25) is 10.9 Å². The second-order valence-electron chi connectivity index (χ2n) is 1.73. The Morgan fingerprint density at radius 1 is 1.70 bits per heavy atom. The van der Waals surface area contributed by atoms with Gasteiger partial charge in [0.15, 0.2) is 0 Å². The summed E-state index contributed by atoms with van der Waals surface area (Å²) in [6.07, 6.45) is 1.82. The van der Waals surface area contributed by atoms with Crippen LogP contribution in [0, 0.1) is 0 Å². The van der Waals surface area contributed by atoms with Crippen LogP contribution in [0.2, 0.25) is 0 Å². The van der Waals surface area contributed by atoms with Gasteiger partial charge in [-0.05, 0) is 15.9 Å². The van der Waals surface area contributed by atoms with E-state index in [0.29, 0.717) is 5.95 Å². The lowest BCUT2D eigenvalue weighted by Crippen LogP contribution is -1.87. The van der Waals surface area contributed by atoms with Crippen molar-refractivity contribution >= 4 is 38.2 Å². The molecule has 0 unspecified atom stereocenters. The molecule has 10 heavy (non-hydrogen) atoms. The third kappa shape index (κ3) is 0.800. The lowest BCUT2D eigenvalue weighted by atomic mass is 11.0. The van der Waals surface area contributed by atoms with Gasteiger partial charge in [0.25, 0.3) is 0 Å². The van der Waals surface area contributed by atoms with E-state index in [1.165, 1.54) is 11.3 Å². The first kappa shape index (κ1) is 6.11. The Balaban J connectivity index is 2.83. The molecule has 0 fully saturated rings. The molecule has 0 aromatic carbocycles. The number of aromatic nitrogens is 3. The number of thiazole rings is 1. The predicted octanol–water partition coefficient (Wildman–Crippen LogP) is 1.14. The summed E-state index contributed by atoms with van der Waals surface area (Å²) in [4.78, 5) is 4.76. The molecule has 2 N–H and O–H groups in total. The molecule has 0 aliphatic carbocycles. The van der Waals surface area contributed by atoms with Crippen LogP contribution < -0.4 is 5.73 Å². The largest absolute Gasteiger partial charge is 0.366 e. The molecule has 2 aromatic heterocycles. The fourth-order valence-electron chi connectivity index (χ4n) is 0.688. The normalized spacial score (nSPS) is 10.9. The molecule has 0 aliphatic rings. The lowest BCUT2D eigenvalue weighted by molar-refractivity contribution is 0.982. The standard InChI is InChI=1S/C4H3BrN4S/c5-2-1-9-4(10-2)7-3(6)8-9/h1H,(H2,6,8). The summed E-state index contributed by atoms with van der Waals surface area (Å²) in [6.45, 7) is 0. The summed E-state index contributed by atoms with van der Waals surface area (Å²) in [7, 11) is 0. The highest BCUT2D eigenvalue weighted by Crippen LogP contribution is 2.21. The first-order chi connectivity index (χ1) is 4.75. The maximum atomic E-state index is 5.33. The summed E-state index contributed by atoms with van der Waals surface area (Å²) in [5, 5.41) is 3.90. The quantitative estimate of drug-likeness (QED) is 0.722. The molecule has 2 aromatic rings. The highest BCUT2D eigenvalue weighted by Gasteiger charge is 2.02.